The van der Waals surface area contributed by atoms with E-state index in [1.54, 1.807) is 0 Å². The molecule has 0 spiro atoms. The van der Waals surface area contributed by atoms with Gasteiger partial charge < -0.3 is 18.9 Å². The fraction of sp³-hybridized carbons (Fsp3) is 0.900. The van der Waals surface area contributed by atoms with E-state index in [-0.39, 0.29) is 59.0 Å². The van der Waals surface area contributed by atoms with Gasteiger partial charge in [-0.05, 0) is 97.2 Å². The molecule has 0 amide bonds. The Labute approximate surface area is 279 Å². The summed E-state index contributed by atoms with van der Waals surface area (Å²) in [5.41, 5.74) is 0.723. The number of fused-ring (bicyclic) bond motifs is 9. The van der Waals surface area contributed by atoms with Crippen LogP contribution < -0.4 is 0 Å². The van der Waals surface area contributed by atoms with Crippen LogP contribution in [0.2, 0.25) is 0 Å². The first-order chi connectivity index (χ1) is 21.9. The molecule has 4 saturated carbocycles. The molecule has 1 saturated heterocycles. The monoisotopic (exact) mass is 640 g/mol. The van der Waals surface area contributed by atoms with Crippen molar-refractivity contribution in [2.24, 2.45) is 56.7 Å². The number of hydrogen-bond acceptors (Lipinski definition) is 6. The molecule has 46 heavy (non-hydrogen) atoms. The van der Waals surface area contributed by atoms with Crippen molar-refractivity contribution in [3.8, 4) is 0 Å². The summed E-state index contributed by atoms with van der Waals surface area (Å²) in [5.74, 6) is 2.21. The first-order valence-electron chi connectivity index (χ1n) is 19.1. The standard InChI is InChI=1S/C40H64O6/c1-8-9-10-11-12-13-22-43-25-46-35(42)40-19-16-27(2)28(3)33(40)29-14-15-32-36(4)23-30(41)34-37(5,24-44-26-45-34)31(36)17-18-39(32,7)38(29,6)20-21-40/h14,27-28,31-34H,8-13,15-26H2,1-7H3/t27-,28+,31?,32?,33?,34+,36+,37?,38-,39-,40+/m1/s1. The maximum atomic E-state index is 14.2. The number of ketones is 1. The summed E-state index contributed by atoms with van der Waals surface area (Å²) >= 11 is 0. The van der Waals surface area contributed by atoms with Gasteiger partial charge in [-0.1, -0.05) is 92.2 Å². The van der Waals surface area contributed by atoms with Crippen LogP contribution in [0.1, 0.15) is 138 Å². The van der Waals surface area contributed by atoms with Crippen LogP contribution in [0.25, 0.3) is 0 Å². The van der Waals surface area contributed by atoms with E-state index in [9.17, 15) is 9.59 Å². The normalized spacial score (nSPS) is 46.6. The molecule has 4 unspecified atom stereocenters. The molecule has 6 nitrogen and oxygen atoms in total. The lowest BCUT2D eigenvalue weighted by Gasteiger charge is -2.71. The van der Waals surface area contributed by atoms with E-state index >= 15 is 0 Å². The molecule has 11 atom stereocenters. The Morgan fingerprint density at radius 2 is 1.70 bits per heavy atom. The highest BCUT2D eigenvalue weighted by molar-refractivity contribution is 5.86. The molecule has 6 heteroatoms. The summed E-state index contributed by atoms with van der Waals surface area (Å²) in [4.78, 5) is 28.0. The van der Waals surface area contributed by atoms with Gasteiger partial charge >= 0.3 is 5.97 Å². The van der Waals surface area contributed by atoms with E-state index < -0.39 is 5.41 Å². The maximum absolute atomic E-state index is 14.2. The minimum Gasteiger partial charge on any atom is -0.438 e. The Kier molecular flexibility index (Phi) is 9.71. The Morgan fingerprint density at radius 1 is 0.935 bits per heavy atom. The molecule has 1 aliphatic heterocycles. The first-order valence-corrected chi connectivity index (χ1v) is 19.1. The van der Waals surface area contributed by atoms with E-state index in [2.05, 4.69) is 54.5 Å². The van der Waals surface area contributed by atoms with Gasteiger partial charge in [0.05, 0.1) is 18.6 Å². The molecule has 6 rings (SSSR count). The van der Waals surface area contributed by atoms with Crippen molar-refractivity contribution in [1.29, 1.82) is 0 Å². The molecule has 6 aliphatic rings. The second kappa shape index (κ2) is 12.9. The van der Waals surface area contributed by atoms with E-state index in [1.165, 1.54) is 37.7 Å². The summed E-state index contributed by atoms with van der Waals surface area (Å²) in [6.45, 7) is 18.4. The van der Waals surface area contributed by atoms with E-state index in [1.807, 2.05) is 0 Å². The lowest BCUT2D eigenvalue weighted by Crippen LogP contribution is -2.68. The number of hydrogen-bond donors (Lipinski definition) is 0. The van der Waals surface area contributed by atoms with Crippen LogP contribution in [-0.4, -0.2) is 44.7 Å². The molecule has 0 bridgehead atoms. The van der Waals surface area contributed by atoms with Crippen molar-refractivity contribution >= 4 is 11.8 Å². The van der Waals surface area contributed by atoms with Gasteiger partial charge in [0.1, 0.15) is 12.9 Å². The van der Waals surface area contributed by atoms with Gasteiger partial charge in [-0.2, -0.15) is 0 Å². The van der Waals surface area contributed by atoms with Crippen molar-refractivity contribution in [2.45, 2.75) is 144 Å². The summed E-state index contributed by atoms with van der Waals surface area (Å²) in [6.07, 6.45) is 17.2. The molecule has 0 aromatic carbocycles. The Morgan fingerprint density at radius 3 is 2.48 bits per heavy atom. The van der Waals surface area contributed by atoms with Crippen LogP contribution in [-0.2, 0) is 28.5 Å². The molecular weight excluding hydrogens is 576 g/mol. The van der Waals surface area contributed by atoms with Gasteiger partial charge in [0.15, 0.2) is 12.6 Å². The number of carbonyl (C=O) groups excluding carboxylic acids is 2. The van der Waals surface area contributed by atoms with Gasteiger partial charge in [-0.3, -0.25) is 9.59 Å². The zero-order valence-corrected chi connectivity index (χ0v) is 30.2. The first kappa shape index (κ1) is 34.6. The molecule has 0 radical (unpaired) electrons. The number of esters is 1. The molecule has 260 valence electrons. The number of carbonyl (C=O) groups is 2. The third kappa shape index (κ3) is 5.20. The average Bonchev–Trinajstić information content (AvgIpc) is 3.02. The minimum absolute atomic E-state index is 0.0156. The van der Waals surface area contributed by atoms with Crippen LogP contribution in [0.4, 0.5) is 0 Å². The number of unbranched alkanes of at least 4 members (excludes halogenated alkanes) is 5. The molecule has 0 aromatic heterocycles. The molecule has 1 heterocycles. The quantitative estimate of drug-likeness (QED) is 0.103. The molecule has 5 fully saturated rings. The number of rotatable bonds is 10. The molecule has 0 N–H and O–H groups in total. The van der Waals surface area contributed by atoms with Gasteiger partial charge in [-0.25, -0.2) is 0 Å². The number of Topliss-reactive ketones (excluding diaryl/α,β-unsaturated/α-hetero) is 1. The Hall–Kier alpha value is -1.24. The predicted molar refractivity (Wildman–Crippen MR) is 180 cm³/mol. The van der Waals surface area contributed by atoms with Crippen LogP contribution in [0.15, 0.2) is 11.6 Å². The van der Waals surface area contributed by atoms with Gasteiger partial charge in [0, 0.05) is 11.8 Å². The van der Waals surface area contributed by atoms with Crippen molar-refractivity contribution in [2.75, 3.05) is 26.8 Å². The maximum Gasteiger partial charge on any atom is 0.314 e. The van der Waals surface area contributed by atoms with Crippen LogP contribution in [0, 0.1) is 56.7 Å². The average molecular weight is 641 g/mol. The Bertz CT molecular complexity index is 1180. The van der Waals surface area contributed by atoms with Crippen LogP contribution >= 0.6 is 0 Å². The van der Waals surface area contributed by atoms with Gasteiger partial charge in [0.25, 0.3) is 0 Å². The molecular formula is C40H64O6. The topological polar surface area (TPSA) is 71.1 Å². The summed E-state index contributed by atoms with van der Waals surface area (Å²) in [6, 6.07) is 0. The SMILES string of the molecule is CCCCCCCCOCOC(=O)[C@]12CC[C@@H](C)[C@H](C)C1C1=CCC3[C@@]4(C)CC(=O)[C@@H]5OCOCC5(C)C4CC[C@@]3(C)[C@]1(C)CC2. The zero-order chi connectivity index (χ0) is 33.0. The third-order valence-corrected chi connectivity index (χ3v) is 15.6. The largest absolute Gasteiger partial charge is 0.438 e. The van der Waals surface area contributed by atoms with Gasteiger partial charge in [-0.15, -0.1) is 0 Å². The molecule has 5 aliphatic carbocycles. The Balaban J connectivity index is 1.23. The fourth-order valence-corrected chi connectivity index (χ4v) is 12.7. The van der Waals surface area contributed by atoms with E-state index in [0.29, 0.717) is 43.3 Å². The van der Waals surface area contributed by atoms with E-state index in [4.69, 9.17) is 18.9 Å². The highest BCUT2D eigenvalue weighted by atomic mass is 16.7. The van der Waals surface area contributed by atoms with Crippen molar-refractivity contribution in [1.82, 2.24) is 0 Å². The van der Waals surface area contributed by atoms with Crippen LogP contribution in [0.3, 0.4) is 0 Å². The van der Waals surface area contributed by atoms with Crippen molar-refractivity contribution in [3.05, 3.63) is 11.6 Å². The summed E-state index contributed by atoms with van der Waals surface area (Å²) in [5, 5.41) is 0. The highest BCUT2D eigenvalue weighted by Crippen LogP contribution is 2.75. The van der Waals surface area contributed by atoms with Gasteiger partial charge in [0.2, 0.25) is 0 Å². The summed E-state index contributed by atoms with van der Waals surface area (Å²) < 4.78 is 23.8. The van der Waals surface area contributed by atoms with E-state index in [0.717, 1.165) is 51.4 Å². The second-order valence-corrected chi connectivity index (χ2v) is 17.7. The summed E-state index contributed by atoms with van der Waals surface area (Å²) in [7, 11) is 0. The smallest absolute Gasteiger partial charge is 0.314 e. The predicted octanol–water partition coefficient (Wildman–Crippen LogP) is 9.05. The fourth-order valence-electron chi connectivity index (χ4n) is 12.7. The lowest BCUT2D eigenvalue weighted by atomic mass is 9.33. The third-order valence-electron chi connectivity index (χ3n) is 15.6. The second-order valence-electron chi connectivity index (χ2n) is 17.7. The highest BCUT2D eigenvalue weighted by Gasteiger charge is 2.71. The van der Waals surface area contributed by atoms with Crippen molar-refractivity contribution in [3.63, 3.8) is 0 Å². The zero-order valence-electron chi connectivity index (χ0n) is 30.2. The number of ether oxygens (including phenoxy) is 4. The number of allylic oxidation sites excluding steroid dienone is 2. The minimum atomic E-state index is -0.469. The van der Waals surface area contributed by atoms with Crippen LogP contribution in [0.5, 0.6) is 0 Å². The molecule has 0 aromatic rings. The van der Waals surface area contributed by atoms with Crippen molar-refractivity contribution < 1.29 is 28.5 Å². The lowest BCUT2D eigenvalue weighted by molar-refractivity contribution is -0.266.